The van der Waals surface area contributed by atoms with Crippen LogP contribution in [0, 0.1) is 0 Å². The molecule has 0 radical (unpaired) electrons. The summed E-state index contributed by atoms with van der Waals surface area (Å²) in [4.78, 5) is 14.9. The molecule has 0 unspecified atom stereocenters. The third-order valence-electron chi connectivity index (χ3n) is 2.21. The maximum atomic E-state index is 11.3. The Kier molecular flexibility index (Phi) is 2.02. The molecule has 1 fully saturated rings. The Morgan fingerprint density at radius 1 is 1.69 bits per heavy atom. The summed E-state index contributed by atoms with van der Waals surface area (Å²) in [7, 11) is 0. The summed E-state index contributed by atoms with van der Waals surface area (Å²) < 4.78 is 4.80. The van der Waals surface area contributed by atoms with E-state index in [2.05, 4.69) is 10.3 Å². The summed E-state index contributed by atoms with van der Waals surface area (Å²) >= 11 is 0. The molecule has 1 saturated carbocycles. The van der Waals surface area contributed by atoms with Gasteiger partial charge >= 0.3 is 0 Å². The van der Waals surface area contributed by atoms with Crippen molar-refractivity contribution in [2.45, 2.75) is 25.0 Å². The molecule has 0 aromatic carbocycles. The molecule has 13 heavy (non-hydrogen) atoms. The summed E-state index contributed by atoms with van der Waals surface area (Å²) in [6.45, 7) is 0. The van der Waals surface area contributed by atoms with Gasteiger partial charge in [0.2, 0.25) is 5.76 Å². The standard InChI is InChI=1S/C8H10N2O3/c11-6-2-1-5(6)10-8(12)7-3-9-4-13-7/h3-6,11H,1-2H2,(H,10,12)/t5-,6-/m1/s1. The van der Waals surface area contributed by atoms with Crippen molar-refractivity contribution < 1.29 is 14.3 Å². The van der Waals surface area contributed by atoms with Crippen LogP contribution in [0.3, 0.4) is 0 Å². The third-order valence-corrected chi connectivity index (χ3v) is 2.21. The topological polar surface area (TPSA) is 75.4 Å². The molecular weight excluding hydrogens is 172 g/mol. The Bertz CT molecular complexity index is 296. The highest BCUT2D eigenvalue weighted by Crippen LogP contribution is 2.19. The van der Waals surface area contributed by atoms with Crippen molar-refractivity contribution in [3.05, 3.63) is 18.4 Å². The number of oxazole rings is 1. The zero-order chi connectivity index (χ0) is 9.26. The second kappa shape index (κ2) is 3.18. The molecule has 0 aliphatic heterocycles. The lowest BCUT2D eigenvalue weighted by Gasteiger charge is -2.32. The first kappa shape index (κ1) is 8.25. The van der Waals surface area contributed by atoms with Crippen molar-refractivity contribution in [3.8, 4) is 0 Å². The Balaban J connectivity index is 1.92. The molecule has 5 nitrogen and oxygen atoms in total. The van der Waals surface area contributed by atoms with Gasteiger partial charge in [0.25, 0.3) is 5.91 Å². The number of nitrogens with one attached hydrogen (secondary N) is 1. The molecule has 0 saturated heterocycles. The van der Waals surface area contributed by atoms with Gasteiger partial charge < -0.3 is 14.8 Å². The van der Waals surface area contributed by atoms with Crippen LogP contribution < -0.4 is 5.32 Å². The monoisotopic (exact) mass is 182 g/mol. The average molecular weight is 182 g/mol. The van der Waals surface area contributed by atoms with E-state index in [1.165, 1.54) is 12.6 Å². The number of aliphatic hydroxyl groups excluding tert-OH is 1. The summed E-state index contributed by atoms with van der Waals surface area (Å²) in [5.74, 6) is -0.139. The van der Waals surface area contributed by atoms with Gasteiger partial charge in [-0.05, 0) is 12.8 Å². The van der Waals surface area contributed by atoms with E-state index in [1.807, 2.05) is 0 Å². The van der Waals surface area contributed by atoms with Crippen LogP contribution in [0.1, 0.15) is 23.4 Å². The summed E-state index contributed by atoms with van der Waals surface area (Å²) in [6, 6.07) is -0.127. The fourth-order valence-corrected chi connectivity index (χ4v) is 1.22. The zero-order valence-corrected chi connectivity index (χ0v) is 6.93. The molecule has 2 rings (SSSR count). The molecule has 2 atom stereocenters. The minimum atomic E-state index is -0.410. The van der Waals surface area contributed by atoms with Crippen LogP contribution in [0.5, 0.6) is 0 Å². The molecule has 0 bridgehead atoms. The number of carbonyl (C=O) groups excluding carboxylic acids is 1. The van der Waals surface area contributed by atoms with E-state index in [0.29, 0.717) is 0 Å². The predicted octanol–water partition coefficient (Wildman–Crippen LogP) is -0.0723. The van der Waals surface area contributed by atoms with Gasteiger partial charge in [-0.15, -0.1) is 0 Å². The van der Waals surface area contributed by atoms with Crippen LogP contribution in [0.15, 0.2) is 17.0 Å². The number of hydrogen-bond acceptors (Lipinski definition) is 4. The molecular formula is C8H10N2O3. The first-order chi connectivity index (χ1) is 6.27. The highest BCUT2D eigenvalue weighted by Gasteiger charge is 2.30. The van der Waals surface area contributed by atoms with E-state index in [-0.39, 0.29) is 17.7 Å². The van der Waals surface area contributed by atoms with Gasteiger partial charge in [0.1, 0.15) is 0 Å². The van der Waals surface area contributed by atoms with Crippen LogP contribution in [0.4, 0.5) is 0 Å². The summed E-state index contributed by atoms with van der Waals surface area (Å²) in [5, 5.41) is 11.8. The molecule has 5 heteroatoms. The van der Waals surface area contributed by atoms with Gasteiger partial charge in [-0.1, -0.05) is 0 Å². The first-order valence-electron chi connectivity index (χ1n) is 4.15. The number of aliphatic hydroxyl groups is 1. The minimum Gasteiger partial charge on any atom is -0.438 e. The molecule has 70 valence electrons. The molecule has 1 aromatic rings. The van der Waals surface area contributed by atoms with E-state index in [4.69, 9.17) is 4.42 Å². The fourth-order valence-electron chi connectivity index (χ4n) is 1.22. The zero-order valence-electron chi connectivity index (χ0n) is 6.93. The van der Waals surface area contributed by atoms with Crippen molar-refractivity contribution in [3.63, 3.8) is 0 Å². The largest absolute Gasteiger partial charge is 0.438 e. The molecule has 1 amide bonds. The van der Waals surface area contributed by atoms with Crippen LogP contribution in [-0.2, 0) is 0 Å². The van der Waals surface area contributed by atoms with Crippen molar-refractivity contribution in [1.82, 2.24) is 10.3 Å². The number of rotatable bonds is 2. The molecule has 1 heterocycles. The summed E-state index contributed by atoms with van der Waals surface area (Å²) in [5.41, 5.74) is 0. The normalized spacial score (nSPS) is 26.5. The van der Waals surface area contributed by atoms with E-state index >= 15 is 0 Å². The van der Waals surface area contributed by atoms with Crippen molar-refractivity contribution in [2.24, 2.45) is 0 Å². The van der Waals surface area contributed by atoms with Crippen LogP contribution >= 0.6 is 0 Å². The Labute approximate surface area is 74.8 Å². The van der Waals surface area contributed by atoms with Crippen molar-refractivity contribution in [1.29, 1.82) is 0 Å². The van der Waals surface area contributed by atoms with Crippen LogP contribution in [-0.4, -0.2) is 28.1 Å². The van der Waals surface area contributed by atoms with E-state index < -0.39 is 6.10 Å². The van der Waals surface area contributed by atoms with Crippen molar-refractivity contribution in [2.75, 3.05) is 0 Å². The number of hydrogen-bond donors (Lipinski definition) is 2. The van der Waals surface area contributed by atoms with E-state index in [9.17, 15) is 9.90 Å². The molecule has 1 aliphatic carbocycles. The van der Waals surface area contributed by atoms with E-state index in [0.717, 1.165) is 12.8 Å². The Morgan fingerprint density at radius 3 is 3.00 bits per heavy atom. The molecule has 0 spiro atoms. The lowest BCUT2D eigenvalue weighted by atomic mass is 9.89. The molecule has 2 N–H and O–H groups in total. The molecule has 1 aliphatic rings. The lowest BCUT2D eigenvalue weighted by Crippen LogP contribution is -2.50. The highest BCUT2D eigenvalue weighted by molar-refractivity contribution is 5.91. The lowest BCUT2D eigenvalue weighted by molar-refractivity contribution is 0.0437. The second-order valence-corrected chi connectivity index (χ2v) is 3.09. The van der Waals surface area contributed by atoms with Gasteiger partial charge in [-0.2, -0.15) is 0 Å². The summed E-state index contributed by atoms with van der Waals surface area (Å²) in [6.07, 6.45) is 3.71. The smallest absolute Gasteiger partial charge is 0.289 e. The van der Waals surface area contributed by atoms with Crippen LogP contribution in [0.25, 0.3) is 0 Å². The van der Waals surface area contributed by atoms with Gasteiger partial charge in [0.15, 0.2) is 6.39 Å². The Hall–Kier alpha value is -1.36. The van der Waals surface area contributed by atoms with Crippen LogP contribution in [0.2, 0.25) is 0 Å². The molecule has 1 aromatic heterocycles. The average Bonchev–Trinajstić information content (AvgIpc) is 2.64. The van der Waals surface area contributed by atoms with Gasteiger partial charge in [0, 0.05) is 0 Å². The first-order valence-corrected chi connectivity index (χ1v) is 4.15. The predicted molar refractivity (Wildman–Crippen MR) is 43.0 cm³/mol. The SMILES string of the molecule is O=C(N[C@@H]1CC[C@H]1O)c1cnco1. The third kappa shape index (κ3) is 1.55. The van der Waals surface area contributed by atoms with Gasteiger partial charge in [-0.3, -0.25) is 4.79 Å². The maximum absolute atomic E-state index is 11.3. The number of amides is 1. The van der Waals surface area contributed by atoms with E-state index in [1.54, 1.807) is 0 Å². The quantitative estimate of drug-likeness (QED) is 0.671. The van der Waals surface area contributed by atoms with Gasteiger partial charge in [-0.25, -0.2) is 4.98 Å². The van der Waals surface area contributed by atoms with Crippen molar-refractivity contribution >= 4 is 5.91 Å². The minimum absolute atomic E-state index is 0.127. The highest BCUT2D eigenvalue weighted by atomic mass is 16.3. The number of nitrogens with zero attached hydrogens (tertiary/aromatic N) is 1. The second-order valence-electron chi connectivity index (χ2n) is 3.09. The maximum Gasteiger partial charge on any atom is 0.289 e. The Morgan fingerprint density at radius 2 is 2.54 bits per heavy atom. The number of aromatic nitrogens is 1. The number of carbonyl (C=O) groups is 1. The van der Waals surface area contributed by atoms with Gasteiger partial charge in [0.05, 0.1) is 18.3 Å². The fraction of sp³-hybridized carbons (Fsp3) is 0.500.